The number of rotatable bonds is 9. The number of allylic oxidation sites excluding steroid dienone is 1. The van der Waals surface area contributed by atoms with Gasteiger partial charge >= 0.3 is 0 Å². The molecule has 4 aliphatic heterocycles. The summed E-state index contributed by atoms with van der Waals surface area (Å²) in [5.74, 6) is -3.65. The number of quaternary nitrogens is 1. The van der Waals surface area contributed by atoms with E-state index in [2.05, 4.69) is 15.3 Å². The molecule has 1 fully saturated rings. The van der Waals surface area contributed by atoms with Gasteiger partial charge in [-0.25, -0.2) is 9.89 Å². The maximum atomic E-state index is 14.5. The van der Waals surface area contributed by atoms with Crippen LogP contribution in [0.4, 0.5) is 5.69 Å². The van der Waals surface area contributed by atoms with Crippen molar-refractivity contribution in [1.29, 1.82) is 5.41 Å². The van der Waals surface area contributed by atoms with Crippen LogP contribution >= 0.6 is 0 Å². The Kier molecular flexibility index (Phi) is 10.3. The second-order valence-corrected chi connectivity index (χ2v) is 14.3. The van der Waals surface area contributed by atoms with Crippen molar-refractivity contribution >= 4 is 47.0 Å². The first kappa shape index (κ1) is 38.9. The largest absolute Gasteiger partial charge is 0.499 e. The van der Waals surface area contributed by atoms with Crippen LogP contribution in [-0.4, -0.2) is 130 Å². The Bertz CT molecular complexity index is 2330. The standard InChI is InChI=1S/C40H37N5O13/c41-39-43-36-29(37(53)44-39)42-18-45(36)26-8-4-3-5-21(26)20-10-14-55-17-27-32(51)35(52)40(54,11-13-47)38(57-27)58-33-24(20)15-25-28(34(33)56-16-19(48)9-12-46)31(50)23-7-2-1-6-22(23)30(25)49/h1-8,10,12,14-15,19-20,27,32,35,38,47-48,51-52,54H,9,11,13,16-18H2,(H2,41,44,53)/p+1/b14-10-/t19-,20+,27+,32+,35-,38-,40+/m1/s1. The number of amides is 1. The molecule has 1 amide bonds. The molecule has 0 radical (unpaired) electrons. The molecule has 1 aliphatic carbocycles. The van der Waals surface area contributed by atoms with Crippen molar-refractivity contribution < 1.29 is 68.6 Å². The van der Waals surface area contributed by atoms with Gasteiger partial charge in [-0.05, 0) is 18.2 Å². The molecule has 4 heterocycles. The number of aliphatic imine (C=N–C) groups is 2. The van der Waals surface area contributed by atoms with Gasteiger partial charge in [0.05, 0.1) is 17.9 Å². The molecule has 2 bridgehead atoms. The van der Waals surface area contributed by atoms with Crippen LogP contribution in [0.5, 0.6) is 11.5 Å². The van der Waals surface area contributed by atoms with Gasteiger partial charge in [0.15, 0.2) is 35.3 Å². The lowest BCUT2D eigenvalue weighted by atomic mass is 9.79. The van der Waals surface area contributed by atoms with Gasteiger partial charge in [0.1, 0.15) is 43.5 Å². The molecule has 0 saturated carbocycles. The van der Waals surface area contributed by atoms with Crippen LogP contribution in [0.15, 0.2) is 76.9 Å². The van der Waals surface area contributed by atoms with Crippen LogP contribution in [0.1, 0.15) is 61.7 Å². The summed E-state index contributed by atoms with van der Waals surface area (Å²) in [7, 11) is 0. The van der Waals surface area contributed by atoms with E-state index in [0.29, 0.717) is 22.4 Å². The maximum absolute atomic E-state index is 14.5. The van der Waals surface area contributed by atoms with E-state index < -0.39 is 79.3 Å². The first-order chi connectivity index (χ1) is 28.0. The summed E-state index contributed by atoms with van der Waals surface area (Å²) < 4.78 is 24.7. The Labute approximate surface area is 329 Å². The second-order valence-electron chi connectivity index (χ2n) is 14.3. The Balaban J connectivity index is 1.40. The lowest BCUT2D eigenvalue weighted by molar-refractivity contribution is -0.723. The lowest BCUT2D eigenvalue weighted by Gasteiger charge is -2.47. The van der Waals surface area contributed by atoms with Crippen molar-refractivity contribution in [2.75, 3.05) is 26.5 Å². The summed E-state index contributed by atoms with van der Waals surface area (Å²) in [6.45, 7) is -1.61. The van der Waals surface area contributed by atoms with Gasteiger partial charge in [-0.3, -0.25) is 25.1 Å². The van der Waals surface area contributed by atoms with Crippen molar-refractivity contribution in [3.8, 4) is 11.5 Å². The van der Waals surface area contributed by atoms with Gasteiger partial charge in [0, 0.05) is 53.2 Å². The number of carbonyl (C=O) groups is 4. The Morgan fingerprint density at radius 2 is 1.79 bits per heavy atom. The van der Waals surface area contributed by atoms with E-state index in [1.807, 2.05) is 0 Å². The molecule has 18 heteroatoms. The molecular formula is C40H38N5O13+. The van der Waals surface area contributed by atoms with Crippen LogP contribution in [-0.2, 0) is 19.1 Å². The third-order valence-corrected chi connectivity index (χ3v) is 10.8. The van der Waals surface area contributed by atoms with E-state index in [0.717, 1.165) is 0 Å². The van der Waals surface area contributed by atoms with Crippen molar-refractivity contribution in [1.82, 2.24) is 5.32 Å². The summed E-state index contributed by atoms with van der Waals surface area (Å²) in [5.41, 5.74) is -1.52. The first-order valence-corrected chi connectivity index (χ1v) is 18.4. The maximum Gasteiger partial charge on any atom is 0.284 e. The molecule has 8 atom stereocenters. The molecule has 58 heavy (non-hydrogen) atoms. The van der Waals surface area contributed by atoms with Crippen LogP contribution in [0.2, 0.25) is 0 Å². The SMILES string of the molecule is N=C1N=C2C(=NC[NH+]2c2ccccc2[C@@H]2/C=C\OC[C@@H]3O[C@H](Oc4c2cc2c(c4OC[C@H](O)CC=O)C(=O)c4ccccc4C2=O)[C@](O)(CCO)[C@H](O)[C@H]3O)C(=O)N1. The zero-order valence-electron chi connectivity index (χ0n) is 30.5. The number of aliphatic hydroxyl groups excluding tert-OH is 4. The van der Waals surface area contributed by atoms with Crippen LogP contribution in [0, 0.1) is 5.41 Å². The third-order valence-electron chi connectivity index (χ3n) is 10.8. The van der Waals surface area contributed by atoms with E-state index in [4.69, 9.17) is 24.4 Å². The molecule has 8 rings (SSSR count). The van der Waals surface area contributed by atoms with E-state index in [9.17, 15) is 44.7 Å². The van der Waals surface area contributed by atoms with E-state index >= 15 is 0 Å². The average Bonchev–Trinajstić information content (AvgIpc) is 3.63. The quantitative estimate of drug-likeness (QED) is 0.0927. The third kappa shape index (κ3) is 6.49. The fourth-order valence-electron chi connectivity index (χ4n) is 7.86. The van der Waals surface area contributed by atoms with Gasteiger partial charge in [0.2, 0.25) is 18.0 Å². The summed E-state index contributed by atoms with van der Waals surface area (Å²) >= 11 is 0. The van der Waals surface area contributed by atoms with Gasteiger partial charge in [-0.15, -0.1) is 0 Å². The van der Waals surface area contributed by atoms with Crippen molar-refractivity contribution in [3.05, 3.63) is 100 Å². The van der Waals surface area contributed by atoms with Gasteiger partial charge in [0.25, 0.3) is 11.7 Å². The number of fused-ring (bicyclic) bond motifs is 6. The number of aliphatic hydroxyl groups is 5. The summed E-state index contributed by atoms with van der Waals surface area (Å²) in [6.07, 6.45) is -5.78. The summed E-state index contributed by atoms with van der Waals surface area (Å²) in [4.78, 5) is 62.2. The number of benzene rings is 3. The van der Waals surface area contributed by atoms with Gasteiger partial charge < -0.3 is 49.3 Å². The first-order valence-electron chi connectivity index (χ1n) is 18.4. The summed E-state index contributed by atoms with van der Waals surface area (Å²) in [5, 5.41) is 65.5. The molecule has 1 unspecified atom stereocenters. The van der Waals surface area contributed by atoms with Gasteiger partial charge in [-0.2, -0.15) is 4.99 Å². The number of carbonyl (C=O) groups excluding carboxylic acids is 4. The highest BCUT2D eigenvalue weighted by Gasteiger charge is 2.57. The van der Waals surface area contributed by atoms with E-state index in [1.54, 1.807) is 42.5 Å². The van der Waals surface area contributed by atoms with Crippen molar-refractivity contribution in [2.24, 2.45) is 9.98 Å². The fraction of sp³-hybridized carbons (Fsp3) is 0.325. The van der Waals surface area contributed by atoms with Gasteiger partial charge in [-0.1, -0.05) is 42.5 Å². The monoisotopic (exact) mass is 796 g/mol. The molecule has 8 N–H and O–H groups in total. The minimum atomic E-state index is -2.48. The molecule has 18 nitrogen and oxygen atoms in total. The zero-order valence-corrected chi connectivity index (χ0v) is 30.5. The lowest BCUT2D eigenvalue weighted by Crippen LogP contribution is -3.09. The molecule has 3 aromatic rings. The predicted molar refractivity (Wildman–Crippen MR) is 199 cm³/mol. The average molecular weight is 797 g/mol. The molecule has 1 saturated heterocycles. The highest BCUT2D eigenvalue weighted by atomic mass is 16.7. The number of ether oxygens (including phenoxy) is 4. The van der Waals surface area contributed by atoms with E-state index in [-0.39, 0.29) is 76.5 Å². The van der Waals surface area contributed by atoms with E-state index in [1.165, 1.54) is 24.5 Å². The summed E-state index contributed by atoms with van der Waals surface area (Å²) in [6, 6.07) is 14.6. The zero-order chi connectivity index (χ0) is 40.9. The van der Waals surface area contributed by atoms with Crippen molar-refractivity contribution in [2.45, 2.75) is 55.1 Å². The molecule has 5 aliphatic rings. The fourth-order valence-corrected chi connectivity index (χ4v) is 7.86. The number of hydrogen-bond acceptors (Lipinski definition) is 15. The number of hydrogen-bond donors (Lipinski definition) is 8. The topological polar surface area (TPSA) is 271 Å². The highest BCUT2D eigenvalue weighted by Crippen LogP contribution is 2.49. The molecule has 0 spiro atoms. The highest BCUT2D eigenvalue weighted by molar-refractivity contribution is 6.68. The molecule has 0 aromatic heterocycles. The normalized spacial score (nSPS) is 28.4. The Hall–Kier alpha value is -5.99. The second kappa shape index (κ2) is 15.4. The number of ketones is 2. The smallest absolute Gasteiger partial charge is 0.284 e. The minimum Gasteiger partial charge on any atom is -0.499 e. The number of para-hydroxylation sites is 1. The number of amidine groups is 1. The number of aldehydes is 1. The van der Waals surface area contributed by atoms with Crippen LogP contribution in [0.3, 0.4) is 0 Å². The number of nitrogens with one attached hydrogen (secondary N) is 3. The van der Waals surface area contributed by atoms with Crippen molar-refractivity contribution in [3.63, 3.8) is 0 Å². The molecule has 300 valence electrons. The number of nitrogens with zero attached hydrogens (tertiary/aromatic N) is 2. The molecule has 3 aromatic carbocycles. The van der Waals surface area contributed by atoms with Crippen LogP contribution < -0.4 is 19.7 Å². The minimum absolute atomic E-state index is 0.0146. The van der Waals surface area contributed by atoms with Crippen LogP contribution in [0.25, 0.3) is 0 Å². The Morgan fingerprint density at radius 3 is 2.55 bits per heavy atom. The molecular weight excluding hydrogens is 758 g/mol. The predicted octanol–water partition coefficient (Wildman–Crippen LogP) is -1.20. The number of guanidine groups is 1. The Morgan fingerprint density at radius 1 is 1.05 bits per heavy atom.